The van der Waals surface area contributed by atoms with Gasteiger partial charge in [-0.1, -0.05) is 26.8 Å². The number of hydrogen-bond acceptors (Lipinski definition) is 3. The third kappa shape index (κ3) is 2.23. The summed E-state index contributed by atoms with van der Waals surface area (Å²) in [5.41, 5.74) is 2.38. The van der Waals surface area contributed by atoms with Gasteiger partial charge in [-0.25, -0.2) is 4.37 Å². The van der Waals surface area contributed by atoms with E-state index in [-0.39, 0.29) is 5.41 Å². The van der Waals surface area contributed by atoms with E-state index in [0.29, 0.717) is 0 Å². The van der Waals surface area contributed by atoms with Gasteiger partial charge in [-0.05, 0) is 23.7 Å². The molecule has 2 heterocycles. The monoisotopic (exact) mass is 218 g/mol. The Morgan fingerprint density at radius 2 is 1.93 bits per heavy atom. The van der Waals surface area contributed by atoms with Crippen molar-refractivity contribution in [2.75, 3.05) is 0 Å². The highest BCUT2D eigenvalue weighted by molar-refractivity contribution is 7.09. The molecule has 0 fully saturated rings. The maximum atomic E-state index is 4.48. The molecular formula is C12H14N2S. The first-order valence-electron chi connectivity index (χ1n) is 4.95. The second-order valence-electron chi connectivity index (χ2n) is 4.56. The van der Waals surface area contributed by atoms with Crippen LogP contribution in [0.5, 0.6) is 0 Å². The lowest BCUT2D eigenvalue weighted by Crippen LogP contribution is -2.12. The van der Waals surface area contributed by atoms with Crippen LogP contribution in [0.2, 0.25) is 0 Å². The fourth-order valence-electron chi connectivity index (χ4n) is 1.35. The van der Waals surface area contributed by atoms with Gasteiger partial charge in [-0.2, -0.15) is 0 Å². The van der Waals surface area contributed by atoms with E-state index >= 15 is 0 Å². The zero-order valence-corrected chi connectivity index (χ0v) is 10.0. The quantitative estimate of drug-likeness (QED) is 0.732. The van der Waals surface area contributed by atoms with Gasteiger partial charge in [0.05, 0.1) is 4.88 Å². The van der Waals surface area contributed by atoms with Gasteiger partial charge >= 0.3 is 0 Å². The molecule has 2 nitrogen and oxygen atoms in total. The van der Waals surface area contributed by atoms with Crippen LogP contribution in [0.25, 0.3) is 10.4 Å². The van der Waals surface area contributed by atoms with Crippen LogP contribution in [0, 0.1) is 0 Å². The summed E-state index contributed by atoms with van der Waals surface area (Å²) in [6.45, 7) is 6.51. The lowest BCUT2D eigenvalue weighted by atomic mass is 9.91. The summed E-state index contributed by atoms with van der Waals surface area (Å²) in [5, 5.41) is 0. The molecule has 3 heteroatoms. The molecular weight excluding hydrogens is 204 g/mol. The fraction of sp³-hybridized carbons (Fsp3) is 0.333. The molecule has 0 aliphatic rings. The average molecular weight is 218 g/mol. The van der Waals surface area contributed by atoms with Gasteiger partial charge < -0.3 is 0 Å². The van der Waals surface area contributed by atoms with Crippen LogP contribution >= 0.6 is 11.5 Å². The van der Waals surface area contributed by atoms with E-state index in [1.165, 1.54) is 16.4 Å². The normalized spacial score (nSPS) is 11.7. The highest BCUT2D eigenvalue weighted by Crippen LogP contribution is 2.25. The van der Waals surface area contributed by atoms with Crippen LogP contribution in [-0.4, -0.2) is 9.36 Å². The molecule has 0 aliphatic carbocycles. The molecule has 0 bridgehead atoms. The van der Waals surface area contributed by atoms with Crippen LogP contribution in [0.15, 0.2) is 30.6 Å². The minimum atomic E-state index is 0.117. The summed E-state index contributed by atoms with van der Waals surface area (Å²) in [6.07, 6.45) is 3.74. The van der Waals surface area contributed by atoms with Crippen molar-refractivity contribution in [3.8, 4) is 10.4 Å². The topological polar surface area (TPSA) is 25.8 Å². The molecule has 0 atom stereocenters. The molecule has 0 saturated heterocycles. The van der Waals surface area contributed by atoms with E-state index in [1.54, 1.807) is 0 Å². The first-order chi connectivity index (χ1) is 7.07. The average Bonchev–Trinajstić information content (AvgIpc) is 2.69. The second-order valence-corrected chi connectivity index (χ2v) is 5.39. The Kier molecular flexibility index (Phi) is 2.57. The van der Waals surface area contributed by atoms with Crippen LogP contribution in [0.3, 0.4) is 0 Å². The SMILES string of the molecule is CC(C)(C)c1ccc(-c2ccns2)cn1. The molecule has 2 aromatic heterocycles. The second kappa shape index (κ2) is 3.74. The van der Waals surface area contributed by atoms with Crippen molar-refractivity contribution in [1.29, 1.82) is 0 Å². The molecule has 0 spiro atoms. The summed E-state index contributed by atoms with van der Waals surface area (Å²) < 4.78 is 4.08. The van der Waals surface area contributed by atoms with Gasteiger partial charge in [0.1, 0.15) is 0 Å². The van der Waals surface area contributed by atoms with E-state index in [2.05, 4.69) is 42.3 Å². The van der Waals surface area contributed by atoms with Crippen molar-refractivity contribution in [1.82, 2.24) is 9.36 Å². The van der Waals surface area contributed by atoms with Gasteiger partial charge in [0.25, 0.3) is 0 Å². The Morgan fingerprint density at radius 1 is 1.13 bits per heavy atom. The summed E-state index contributed by atoms with van der Waals surface area (Å²) >= 11 is 1.50. The molecule has 0 amide bonds. The number of pyridine rings is 1. The van der Waals surface area contributed by atoms with Crippen molar-refractivity contribution in [2.24, 2.45) is 0 Å². The van der Waals surface area contributed by atoms with E-state index in [9.17, 15) is 0 Å². The van der Waals surface area contributed by atoms with E-state index in [0.717, 1.165) is 11.3 Å². The molecule has 0 saturated carbocycles. The number of rotatable bonds is 1. The summed E-state index contributed by atoms with van der Waals surface area (Å²) in [7, 11) is 0. The lowest BCUT2D eigenvalue weighted by molar-refractivity contribution is 0.569. The molecule has 15 heavy (non-hydrogen) atoms. The van der Waals surface area contributed by atoms with E-state index < -0.39 is 0 Å². The van der Waals surface area contributed by atoms with Gasteiger partial charge in [-0.3, -0.25) is 4.98 Å². The first-order valence-corrected chi connectivity index (χ1v) is 5.72. The lowest BCUT2D eigenvalue weighted by Gasteiger charge is -2.17. The molecule has 78 valence electrons. The van der Waals surface area contributed by atoms with Gasteiger partial charge in [0.15, 0.2) is 0 Å². The van der Waals surface area contributed by atoms with Crippen molar-refractivity contribution in [3.05, 3.63) is 36.3 Å². The van der Waals surface area contributed by atoms with Crippen molar-refractivity contribution in [3.63, 3.8) is 0 Å². The molecule has 2 rings (SSSR count). The standard InChI is InChI=1S/C12H14N2S/c1-12(2,3)11-5-4-9(8-13-11)10-6-7-14-15-10/h4-8H,1-3H3. The molecule has 0 N–H and O–H groups in total. The fourth-order valence-corrected chi connectivity index (χ4v) is 1.93. The molecule has 2 aromatic rings. The summed E-state index contributed by atoms with van der Waals surface area (Å²) in [4.78, 5) is 5.65. The Balaban J connectivity index is 2.33. The third-order valence-electron chi connectivity index (χ3n) is 2.25. The van der Waals surface area contributed by atoms with Crippen LogP contribution in [0.1, 0.15) is 26.5 Å². The predicted octanol–water partition coefficient (Wildman–Crippen LogP) is 3.50. The van der Waals surface area contributed by atoms with Crippen LogP contribution in [0.4, 0.5) is 0 Å². The van der Waals surface area contributed by atoms with E-state index in [4.69, 9.17) is 0 Å². The number of aromatic nitrogens is 2. The number of hydrogen-bond donors (Lipinski definition) is 0. The maximum Gasteiger partial charge on any atom is 0.0565 e. The molecule has 0 radical (unpaired) electrons. The van der Waals surface area contributed by atoms with Crippen molar-refractivity contribution < 1.29 is 0 Å². The Bertz CT molecular complexity index is 424. The zero-order valence-electron chi connectivity index (χ0n) is 9.19. The minimum absolute atomic E-state index is 0.117. The van der Waals surface area contributed by atoms with Gasteiger partial charge in [0, 0.05) is 29.1 Å². The minimum Gasteiger partial charge on any atom is -0.260 e. The zero-order chi connectivity index (χ0) is 10.9. The first kappa shape index (κ1) is 10.3. The highest BCUT2D eigenvalue weighted by atomic mass is 32.1. The number of nitrogens with zero attached hydrogens (tertiary/aromatic N) is 2. The van der Waals surface area contributed by atoms with E-state index in [1.807, 2.05) is 18.5 Å². The molecule has 0 aromatic carbocycles. The predicted molar refractivity (Wildman–Crippen MR) is 64.0 cm³/mol. The van der Waals surface area contributed by atoms with Crippen LogP contribution in [-0.2, 0) is 5.41 Å². The van der Waals surface area contributed by atoms with Gasteiger partial charge in [-0.15, -0.1) is 0 Å². The summed E-state index contributed by atoms with van der Waals surface area (Å²) in [6, 6.07) is 6.22. The summed E-state index contributed by atoms with van der Waals surface area (Å²) in [5.74, 6) is 0. The Morgan fingerprint density at radius 3 is 2.40 bits per heavy atom. The van der Waals surface area contributed by atoms with Crippen molar-refractivity contribution >= 4 is 11.5 Å². The highest BCUT2D eigenvalue weighted by Gasteiger charge is 2.14. The maximum absolute atomic E-state index is 4.48. The Hall–Kier alpha value is -1.22. The smallest absolute Gasteiger partial charge is 0.0565 e. The van der Waals surface area contributed by atoms with Crippen molar-refractivity contribution in [2.45, 2.75) is 26.2 Å². The Labute approximate surface area is 94.2 Å². The molecule has 0 aliphatic heterocycles. The third-order valence-corrected chi connectivity index (χ3v) is 3.05. The largest absolute Gasteiger partial charge is 0.260 e. The van der Waals surface area contributed by atoms with Gasteiger partial charge in [0.2, 0.25) is 0 Å². The van der Waals surface area contributed by atoms with Crippen LogP contribution < -0.4 is 0 Å². The molecule has 0 unspecified atom stereocenters.